The molecule has 1 saturated heterocycles. The lowest BCUT2D eigenvalue weighted by Gasteiger charge is -2.25. The Morgan fingerprint density at radius 3 is 2.71 bits per heavy atom. The predicted octanol–water partition coefficient (Wildman–Crippen LogP) is 3.01. The van der Waals surface area contributed by atoms with E-state index < -0.39 is 0 Å². The van der Waals surface area contributed by atoms with Crippen molar-refractivity contribution in [3.05, 3.63) is 17.8 Å². The van der Waals surface area contributed by atoms with E-state index in [1.165, 1.54) is 0 Å². The van der Waals surface area contributed by atoms with Gasteiger partial charge in [0.15, 0.2) is 5.58 Å². The fourth-order valence-corrected chi connectivity index (χ4v) is 3.26. The average molecular weight is 330 g/mol. The van der Waals surface area contributed by atoms with Crippen LogP contribution < -0.4 is 4.90 Å². The van der Waals surface area contributed by atoms with Gasteiger partial charge in [-0.1, -0.05) is 13.8 Å². The van der Waals surface area contributed by atoms with Crippen LogP contribution in [0, 0.1) is 12.8 Å². The molecular weight excluding hydrogens is 304 g/mol. The zero-order valence-electron chi connectivity index (χ0n) is 14.8. The Morgan fingerprint density at radius 1 is 1.17 bits per heavy atom. The average Bonchev–Trinajstić information content (AvgIpc) is 2.83. The Kier molecular flexibility index (Phi) is 5.02. The molecule has 0 spiro atoms. The minimum Gasteiger partial charge on any atom is -0.422 e. The van der Waals surface area contributed by atoms with Crippen molar-refractivity contribution in [3.8, 4) is 0 Å². The molecule has 0 bridgehead atoms. The number of rotatable bonds is 4. The summed E-state index contributed by atoms with van der Waals surface area (Å²) >= 11 is 0. The van der Waals surface area contributed by atoms with Crippen LogP contribution in [0.5, 0.6) is 0 Å². The number of hydrogen-bond donors (Lipinski definition) is 0. The van der Waals surface area contributed by atoms with Crippen molar-refractivity contribution in [2.75, 3.05) is 31.1 Å². The number of anilines is 1. The number of oxazole rings is 1. The van der Waals surface area contributed by atoms with E-state index in [0.29, 0.717) is 17.2 Å². The first-order valence-electron chi connectivity index (χ1n) is 8.90. The van der Waals surface area contributed by atoms with Gasteiger partial charge in [0.1, 0.15) is 0 Å². The van der Waals surface area contributed by atoms with Crippen LogP contribution in [0.1, 0.15) is 38.8 Å². The van der Waals surface area contributed by atoms with Gasteiger partial charge < -0.3 is 14.2 Å². The van der Waals surface area contributed by atoms with Crippen LogP contribution in [0.2, 0.25) is 0 Å². The molecule has 0 unspecified atom stereocenters. The summed E-state index contributed by atoms with van der Waals surface area (Å²) in [5, 5.41) is 0. The van der Waals surface area contributed by atoms with Gasteiger partial charge >= 0.3 is 0 Å². The molecule has 1 amide bonds. The van der Waals surface area contributed by atoms with Gasteiger partial charge in [-0.25, -0.2) is 4.98 Å². The Bertz CT molecular complexity index is 708. The normalized spacial score (nSPS) is 16.0. The largest absolute Gasteiger partial charge is 0.422 e. The Hall–Kier alpha value is -2.11. The first-order valence-corrected chi connectivity index (χ1v) is 8.90. The molecule has 0 aliphatic carbocycles. The molecule has 2 aromatic heterocycles. The summed E-state index contributed by atoms with van der Waals surface area (Å²) in [4.78, 5) is 25.6. The van der Waals surface area contributed by atoms with Crippen LogP contribution in [0.15, 0.2) is 16.5 Å². The number of carbonyl (C=O) groups is 1. The van der Waals surface area contributed by atoms with Gasteiger partial charge in [-0.15, -0.1) is 0 Å². The van der Waals surface area contributed by atoms with E-state index in [2.05, 4.69) is 28.7 Å². The molecule has 3 rings (SSSR count). The molecule has 0 saturated carbocycles. The Labute approximate surface area is 142 Å². The molecule has 0 atom stereocenters. The lowest BCUT2D eigenvalue weighted by atomic mass is 10.0. The maximum atomic E-state index is 12.6. The second-order valence-corrected chi connectivity index (χ2v) is 6.45. The molecule has 0 N–H and O–H groups in total. The van der Waals surface area contributed by atoms with E-state index in [4.69, 9.17) is 4.42 Å². The zero-order valence-corrected chi connectivity index (χ0v) is 14.8. The molecular formula is C18H26N4O2. The van der Waals surface area contributed by atoms with E-state index in [1.807, 2.05) is 24.0 Å². The summed E-state index contributed by atoms with van der Waals surface area (Å²) in [6, 6.07) is 4.45. The predicted molar refractivity (Wildman–Crippen MR) is 94.0 cm³/mol. The highest BCUT2D eigenvalue weighted by Crippen LogP contribution is 2.22. The number of aromatic nitrogens is 2. The first kappa shape index (κ1) is 16.7. The van der Waals surface area contributed by atoms with Gasteiger partial charge in [0.05, 0.1) is 0 Å². The molecule has 0 radical (unpaired) electrons. The summed E-state index contributed by atoms with van der Waals surface area (Å²) in [6.45, 7) is 9.24. The Balaban J connectivity index is 1.71. The van der Waals surface area contributed by atoms with Gasteiger partial charge in [-0.05, 0) is 38.3 Å². The van der Waals surface area contributed by atoms with Gasteiger partial charge in [-0.3, -0.25) is 4.79 Å². The summed E-state index contributed by atoms with van der Waals surface area (Å²) < 4.78 is 5.85. The lowest BCUT2D eigenvalue weighted by Crippen LogP contribution is -2.38. The molecule has 3 heterocycles. The van der Waals surface area contributed by atoms with Crippen molar-refractivity contribution in [1.82, 2.24) is 14.9 Å². The number of carbonyl (C=O) groups excluding carboxylic acids is 1. The zero-order chi connectivity index (χ0) is 17.1. The molecule has 1 aliphatic rings. The molecule has 24 heavy (non-hydrogen) atoms. The minimum absolute atomic E-state index is 0.146. The highest BCUT2D eigenvalue weighted by Gasteiger charge is 2.25. The van der Waals surface area contributed by atoms with Gasteiger partial charge in [0.2, 0.25) is 11.6 Å². The smallest absolute Gasteiger partial charge is 0.300 e. The van der Waals surface area contributed by atoms with Gasteiger partial charge in [0, 0.05) is 37.8 Å². The maximum absolute atomic E-state index is 12.6. The summed E-state index contributed by atoms with van der Waals surface area (Å²) in [5.74, 6) is 0.435. The second kappa shape index (κ2) is 7.20. The highest BCUT2D eigenvalue weighted by atomic mass is 16.4. The molecule has 2 aromatic rings. The van der Waals surface area contributed by atoms with Crippen molar-refractivity contribution in [1.29, 1.82) is 0 Å². The fraction of sp³-hybridized carbons (Fsp3) is 0.611. The molecule has 0 aromatic carbocycles. The van der Waals surface area contributed by atoms with Crippen molar-refractivity contribution in [3.63, 3.8) is 0 Å². The minimum atomic E-state index is 0.146. The third-order valence-electron chi connectivity index (χ3n) is 4.79. The van der Waals surface area contributed by atoms with Crippen LogP contribution in [-0.2, 0) is 4.79 Å². The number of aryl methyl sites for hydroxylation is 1. The number of pyridine rings is 1. The quantitative estimate of drug-likeness (QED) is 0.862. The third-order valence-corrected chi connectivity index (χ3v) is 4.79. The molecule has 6 heteroatoms. The standard InChI is InChI=1S/C18H26N4O2/c1-4-14(5-2)17(23)21-9-6-10-22(12-11-21)18-20-16-15(24-18)8-7-13(3)19-16/h7-8,14H,4-6,9-12H2,1-3H3. The van der Waals surface area contributed by atoms with Crippen LogP contribution in [0.4, 0.5) is 6.01 Å². The summed E-state index contributed by atoms with van der Waals surface area (Å²) in [7, 11) is 0. The molecule has 1 aliphatic heterocycles. The van der Waals surface area contributed by atoms with Crippen molar-refractivity contribution in [2.45, 2.75) is 40.0 Å². The SMILES string of the molecule is CCC(CC)C(=O)N1CCCN(c2nc3nc(C)ccc3o2)CC1. The highest BCUT2D eigenvalue weighted by molar-refractivity contribution is 5.79. The van der Waals surface area contributed by atoms with Crippen LogP contribution in [-0.4, -0.2) is 47.0 Å². The number of amides is 1. The fourth-order valence-electron chi connectivity index (χ4n) is 3.26. The van der Waals surface area contributed by atoms with Crippen LogP contribution in [0.3, 0.4) is 0 Å². The summed E-state index contributed by atoms with van der Waals surface area (Å²) in [5.41, 5.74) is 2.30. The molecule has 130 valence electrons. The van der Waals surface area contributed by atoms with Crippen molar-refractivity contribution in [2.24, 2.45) is 5.92 Å². The third kappa shape index (κ3) is 3.37. The number of fused-ring (bicyclic) bond motifs is 1. The van der Waals surface area contributed by atoms with Gasteiger partial charge in [0.25, 0.3) is 6.01 Å². The van der Waals surface area contributed by atoms with Gasteiger partial charge in [-0.2, -0.15) is 4.98 Å². The van der Waals surface area contributed by atoms with Crippen LogP contribution in [0.25, 0.3) is 11.2 Å². The van der Waals surface area contributed by atoms with E-state index in [1.54, 1.807) is 0 Å². The Morgan fingerprint density at radius 2 is 1.96 bits per heavy atom. The van der Waals surface area contributed by atoms with Crippen molar-refractivity contribution < 1.29 is 9.21 Å². The van der Waals surface area contributed by atoms with E-state index >= 15 is 0 Å². The first-order chi connectivity index (χ1) is 11.6. The van der Waals surface area contributed by atoms with Crippen LogP contribution >= 0.6 is 0 Å². The second-order valence-electron chi connectivity index (χ2n) is 6.45. The maximum Gasteiger partial charge on any atom is 0.300 e. The molecule has 1 fully saturated rings. The van der Waals surface area contributed by atoms with E-state index in [9.17, 15) is 4.79 Å². The van der Waals surface area contributed by atoms with E-state index in [0.717, 1.165) is 51.1 Å². The van der Waals surface area contributed by atoms with E-state index in [-0.39, 0.29) is 11.8 Å². The number of hydrogen-bond acceptors (Lipinski definition) is 5. The number of nitrogens with zero attached hydrogens (tertiary/aromatic N) is 4. The topological polar surface area (TPSA) is 62.5 Å². The van der Waals surface area contributed by atoms with Crippen molar-refractivity contribution >= 4 is 23.2 Å². The molecule has 6 nitrogen and oxygen atoms in total. The lowest BCUT2D eigenvalue weighted by molar-refractivity contribution is -0.135. The summed E-state index contributed by atoms with van der Waals surface area (Å²) in [6.07, 6.45) is 2.74. The monoisotopic (exact) mass is 330 g/mol.